The Labute approximate surface area is 254 Å². The normalized spacial score (nSPS) is 22.9. The van der Waals surface area contributed by atoms with E-state index < -0.39 is 11.5 Å². The summed E-state index contributed by atoms with van der Waals surface area (Å²) in [7, 11) is 1.59. The van der Waals surface area contributed by atoms with E-state index in [4.69, 9.17) is 19.2 Å². The first kappa shape index (κ1) is 29.8. The lowest BCUT2D eigenvalue weighted by Gasteiger charge is -2.43. The van der Waals surface area contributed by atoms with E-state index >= 15 is 0 Å². The first-order valence-electron chi connectivity index (χ1n) is 15.4. The molecular formula is C35H43N3O5. The first-order chi connectivity index (χ1) is 20.9. The maximum atomic E-state index is 11.9. The third kappa shape index (κ3) is 5.94. The molecule has 1 aromatic heterocycles. The molecule has 0 spiro atoms. The second kappa shape index (κ2) is 12.7. The lowest BCUT2D eigenvalue weighted by molar-refractivity contribution is -0.130. The Bertz CT molecular complexity index is 1460. The number of hydrogen-bond acceptors (Lipinski definition) is 8. The molecule has 1 unspecified atom stereocenters. The van der Waals surface area contributed by atoms with E-state index in [1.165, 1.54) is 22.3 Å². The van der Waals surface area contributed by atoms with Gasteiger partial charge in [0.25, 0.3) is 0 Å². The van der Waals surface area contributed by atoms with E-state index in [9.17, 15) is 9.90 Å². The number of methoxy groups -OCH3 is 1. The van der Waals surface area contributed by atoms with Crippen molar-refractivity contribution in [3.8, 4) is 17.0 Å². The number of aryl methyl sites for hydroxylation is 2. The average Bonchev–Trinajstić information content (AvgIpc) is 3.49. The number of carbonyl (C=O) groups is 1. The van der Waals surface area contributed by atoms with Gasteiger partial charge >= 0.3 is 0 Å². The second-order valence-electron chi connectivity index (χ2n) is 12.3. The van der Waals surface area contributed by atoms with Gasteiger partial charge in [0.05, 0.1) is 23.8 Å². The Morgan fingerprint density at radius 1 is 1.09 bits per heavy atom. The van der Waals surface area contributed by atoms with E-state index in [-0.39, 0.29) is 6.61 Å². The molecule has 2 aromatic carbocycles. The zero-order chi connectivity index (χ0) is 30.0. The minimum absolute atomic E-state index is 0.224. The molecule has 3 aromatic rings. The third-order valence-electron chi connectivity index (χ3n) is 9.68. The van der Waals surface area contributed by atoms with Crippen LogP contribution in [0, 0.1) is 19.3 Å². The fraction of sp³-hybridized carbons (Fsp3) is 0.486. The Morgan fingerprint density at radius 3 is 2.67 bits per heavy atom. The molecule has 2 atom stereocenters. The lowest BCUT2D eigenvalue weighted by Crippen LogP contribution is -2.54. The summed E-state index contributed by atoms with van der Waals surface area (Å²) in [5.41, 5.74) is 7.36. The number of para-hydroxylation sites is 1. The average molecular weight is 586 g/mol. The number of aliphatic hydroxyl groups is 1. The fourth-order valence-corrected chi connectivity index (χ4v) is 7.01. The summed E-state index contributed by atoms with van der Waals surface area (Å²) in [6.45, 7) is 9.39. The molecule has 1 N–H and O–H groups in total. The van der Waals surface area contributed by atoms with Gasteiger partial charge in [0, 0.05) is 58.1 Å². The highest BCUT2D eigenvalue weighted by molar-refractivity contribution is 5.70. The maximum Gasteiger partial charge on any atom is 0.132 e. The van der Waals surface area contributed by atoms with E-state index in [0.717, 1.165) is 73.8 Å². The van der Waals surface area contributed by atoms with Crippen molar-refractivity contribution in [1.82, 2.24) is 9.88 Å². The van der Waals surface area contributed by atoms with Crippen LogP contribution < -0.4 is 9.64 Å². The van der Waals surface area contributed by atoms with E-state index in [0.29, 0.717) is 32.2 Å². The van der Waals surface area contributed by atoms with Crippen LogP contribution in [0.3, 0.4) is 0 Å². The number of nitrogens with zero attached hydrogens (tertiary/aromatic N) is 3. The molecule has 0 aliphatic carbocycles. The molecule has 0 amide bonds. The zero-order valence-electron chi connectivity index (χ0n) is 25.6. The van der Waals surface area contributed by atoms with Gasteiger partial charge in [0.15, 0.2) is 0 Å². The number of piperidine rings is 1. The van der Waals surface area contributed by atoms with Crippen LogP contribution in [0.15, 0.2) is 48.5 Å². The SMILES string of the molecule is CO[C@@H]1CN(c2cccc(-c3cccc(C)c3OCc3cc(C)c4c(c3)CN(C3CCOCC3)C4)n2)CCC1(C=O)CO. The summed E-state index contributed by atoms with van der Waals surface area (Å²) in [4.78, 5) is 21.6. The minimum atomic E-state index is -0.876. The van der Waals surface area contributed by atoms with Gasteiger partial charge in [0.2, 0.25) is 0 Å². The van der Waals surface area contributed by atoms with E-state index in [1.54, 1.807) is 7.11 Å². The number of aromatic nitrogens is 1. The number of rotatable bonds is 9. The maximum absolute atomic E-state index is 11.9. The van der Waals surface area contributed by atoms with Gasteiger partial charge in [0.1, 0.15) is 24.5 Å². The van der Waals surface area contributed by atoms with Crippen molar-refractivity contribution >= 4 is 12.1 Å². The predicted molar refractivity (Wildman–Crippen MR) is 166 cm³/mol. The van der Waals surface area contributed by atoms with Gasteiger partial charge in [-0.15, -0.1) is 0 Å². The zero-order valence-corrected chi connectivity index (χ0v) is 25.6. The number of benzene rings is 2. The van der Waals surface area contributed by atoms with Gasteiger partial charge in [-0.3, -0.25) is 4.90 Å². The van der Waals surface area contributed by atoms with Crippen LogP contribution in [0.1, 0.15) is 47.1 Å². The molecule has 0 saturated carbocycles. The Hall–Kier alpha value is -3.30. The standard InChI is InChI=1S/C35H43N3O5/c1-24-6-4-7-29(31-8-5-9-33(36-31)37-13-12-35(22-39,23-40)32(20-37)41-3)34(24)43-21-26-16-25(2)30-19-38(18-27(30)17-26)28-10-14-42-15-11-28/h4-9,16-17,22,28,32,40H,10-15,18-21,23H2,1-3H3/t32-,35?/m1/s1. The quantitative estimate of drug-likeness (QED) is 0.357. The number of fused-ring (bicyclic) bond motifs is 1. The van der Waals surface area contributed by atoms with Crippen molar-refractivity contribution in [1.29, 1.82) is 0 Å². The molecule has 3 aliphatic rings. The van der Waals surface area contributed by atoms with Gasteiger partial charge in [-0.1, -0.05) is 30.3 Å². The van der Waals surface area contributed by atoms with Crippen molar-refractivity contribution in [2.75, 3.05) is 44.9 Å². The van der Waals surface area contributed by atoms with Crippen LogP contribution >= 0.6 is 0 Å². The van der Waals surface area contributed by atoms with Crippen LogP contribution in [-0.4, -0.2) is 73.4 Å². The molecule has 8 heteroatoms. The van der Waals surface area contributed by atoms with Crippen molar-refractivity contribution in [3.63, 3.8) is 0 Å². The summed E-state index contributed by atoms with van der Waals surface area (Å²) in [6.07, 6.45) is 3.17. The largest absolute Gasteiger partial charge is 0.488 e. The predicted octanol–water partition coefficient (Wildman–Crippen LogP) is 4.84. The van der Waals surface area contributed by atoms with Crippen LogP contribution in [-0.2, 0) is 34.0 Å². The molecule has 0 radical (unpaired) electrons. The highest BCUT2D eigenvalue weighted by Crippen LogP contribution is 2.37. The van der Waals surface area contributed by atoms with E-state index in [2.05, 4.69) is 47.9 Å². The highest BCUT2D eigenvalue weighted by Gasteiger charge is 2.43. The van der Waals surface area contributed by atoms with Gasteiger partial charge in [-0.25, -0.2) is 4.98 Å². The number of aldehydes is 1. The van der Waals surface area contributed by atoms with Crippen LogP contribution in [0.25, 0.3) is 11.3 Å². The monoisotopic (exact) mass is 585 g/mol. The lowest BCUT2D eigenvalue weighted by atomic mass is 9.78. The molecule has 2 fully saturated rings. The summed E-state index contributed by atoms with van der Waals surface area (Å²) in [5, 5.41) is 9.94. The fourth-order valence-electron chi connectivity index (χ4n) is 7.01. The Morgan fingerprint density at radius 2 is 1.91 bits per heavy atom. The van der Waals surface area contributed by atoms with Crippen molar-refractivity contribution in [2.24, 2.45) is 5.41 Å². The van der Waals surface area contributed by atoms with E-state index in [1.807, 2.05) is 24.3 Å². The van der Waals surface area contributed by atoms with Crippen LogP contribution in [0.2, 0.25) is 0 Å². The van der Waals surface area contributed by atoms with Crippen LogP contribution in [0.4, 0.5) is 5.82 Å². The topological polar surface area (TPSA) is 84.4 Å². The van der Waals surface area contributed by atoms with Crippen molar-refractivity contribution in [3.05, 3.63) is 76.3 Å². The molecule has 4 heterocycles. The minimum Gasteiger partial charge on any atom is -0.488 e. The molecule has 43 heavy (non-hydrogen) atoms. The van der Waals surface area contributed by atoms with Gasteiger partial charge in [-0.05, 0) is 79.1 Å². The molecule has 0 bridgehead atoms. The highest BCUT2D eigenvalue weighted by atomic mass is 16.5. The molecule has 3 aliphatic heterocycles. The van der Waals surface area contributed by atoms with Crippen LogP contribution in [0.5, 0.6) is 5.75 Å². The number of anilines is 1. The van der Waals surface area contributed by atoms with Crippen molar-refractivity contribution < 1.29 is 24.1 Å². The van der Waals surface area contributed by atoms with Crippen molar-refractivity contribution in [2.45, 2.75) is 65.0 Å². The molecular weight excluding hydrogens is 542 g/mol. The summed E-state index contributed by atoms with van der Waals surface area (Å²) < 4.78 is 17.8. The molecule has 8 nitrogen and oxygen atoms in total. The summed E-state index contributed by atoms with van der Waals surface area (Å²) in [5.74, 6) is 1.65. The summed E-state index contributed by atoms with van der Waals surface area (Å²) in [6, 6.07) is 17.4. The summed E-state index contributed by atoms with van der Waals surface area (Å²) >= 11 is 0. The first-order valence-corrected chi connectivity index (χ1v) is 15.4. The number of hydrogen-bond donors (Lipinski definition) is 1. The number of carbonyl (C=O) groups excluding carboxylic acids is 1. The number of ether oxygens (including phenoxy) is 3. The number of aliphatic hydroxyl groups excluding tert-OH is 1. The Balaban J connectivity index is 1.20. The van der Waals surface area contributed by atoms with Gasteiger partial charge < -0.3 is 29.0 Å². The molecule has 228 valence electrons. The number of pyridine rings is 1. The molecule has 6 rings (SSSR count). The van der Waals surface area contributed by atoms with Gasteiger partial charge in [-0.2, -0.15) is 0 Å². The second-order valence-corrected chi connectivity index (χ2v) is 12.3. The Kier molecular flexibility index (Phi) is 8.82. The molecule has 2 saturated heterocycles. The smallest absolute Gasteiger partial charge is 0.132 e. The third-order valence-corrected chi connectivity index (χ3v) is 9.68.